The molecular formula is C13H22N4O. The Bertz CT molecular complexity index is 379. The molecule has 100 valence electrons. The number of nitrogens with one attached hydrogen (secondary N) is 1. The third-order valence-corrected chi connectivity index (χ3v) is 2.87. The van der Waals surface area contributed by atoms with Gasteiger partial charge in [-0.1, -0.05) is 6.92 Å². The van der Waals surface area contributed by atoms with Gasteiger partial charge in [-0.05, 0) is 25.2 Å². The van der Waals surface area contributed by atoms with Gasteiger partial charge in [0.1, 0.15) is 17.5 Å². The minimum atomic E-state index is 0.523. The van der Waals surface area contributed by atoms with Gasteiger partial charge in [-0.3, -0.25) is 0 Å². The predicted octanol–water partition coefficient (Wildman–Crippen LogP) is 1.85. The summed E-state index contributed by atoms with van der Waals surface area (Å²) in [6, 6.07) is 1.76. The summed E-state index contributed by atoms with van der Waals surface area (Å²) in [5.41, 5.74) is 5.75. The largest absolute Gasteiger partial charge is 0.384 e. The molecule has 3 N–H and O–H groups in total. The number of aryl methyl sites for hydroxylation is 1. The average Bonchev–Trinajstić information content (AvgIpc) is 3.12. The quantitative estimate of drug-likeness (QED) is 0.689. The molecule has 5 nitrogen and oxygen atoms in total. The topological polar surface area (TPSA) is 73.1 Å². The molecule has 0 aromatic carbocycles. The zero-order valence-corrected chi connectivity index (χ0v) is 11.0. The molecule has 1 aromatic heterocycles. The molecule has 0 spiro atoms. The first-order chi connectivity index (χ1) is 8.78. The second-order valence-corrected chi connectivity index (χ2v) is 4.79. The zero-order chi connectivity index (χ0) is 12.8. The number of nitrogens with zero attached hydrogens (tertiary/aromatic N) is 2. The third kappa shape index (κ3) is 4.49. The molecule has 1 saturated carbocycles. The number of aromatic nitrogens is 2. The number of rotatable bonds is 8. The Morgan fingerprint density at radius 1 is 1.44 bits per heavy atom. The molecule has 0 atom stereocenters. The summed E-state index contributed by atoms with van der Waals surface area (Å²) in [4.78, 5) is 8.61. The van der Waals surface area contributed by atoms with Gasteiger partial charge in [0.15, 0.2) is 0 Å². The standard InChI is InChI=1S/C13H22N4O/c1-2-3-12-16-11(14)8-13(17-12)15-6-7-18-9-10-4-5-10/h8,10H,2-7,9H2,1H3,(H3,14,15,16,17). The van der Waals surface area contributed by atoms with Crippen LogP contribution in [0.3, 0.4) is 0 Å². The van der Waals surface area contributed by atoms with Gasteiger partial charge >= 0.3 is 0 Å². The summed E-state index contributed by atoms with van der Waals surface area (Å²) in [6.45, 7) is 4.47. The summed E-state index contributed by atoms with van der Waals surface area (Å²) in [7, 11) is 0. The first-order valence-corrected chi connectivity index (χ1v) is 6.73. The van der Waals surface area contributed by atoms with Crippen LogP contribution in [0.15, 0.2) is 6.07 Å². The molecule has 0 saturated heterocycles. The highest BCUT2D eigenvalue weighted by Gasteiger charge is 2.20. The van der Waals surface area contributed by atoms with Crippen LogP contribution in [0, 0.1) is 5.92 Å². The lowest BCUT2D eigenvalue weighted by Gasteiger charge is -2.08. The average molecular weight is 250 g/mol. The van der Waals surface area contributed by atoms with Crippen molar-refractivity contribution in [3.05, 3.63) is 11.9 Å². The summed E-state index contributed by atoms with van der Waals surface area (Å²) < 4.78 is 5.55. The minimum absolute atomic E-state index is 0.523. The van der Waals surface area contributed by atoms with Gasteiger partial charge in [-0.2, -0.15) is 0 Å². The molecule has 0 aliphatic heterocycles. The van der Waals surface area contributed by atoms with Crippen LogP contribution in [0.2, 0.25) is 0 Å². The Balaban J connectivity index is 1.72. The van der Waals surface area contributed by atoms with Crippen molar-refractivity contribution in [1.29, 1.82) is 0 Å². The highest BCUT2D eigenvalue weighted by molar-refractivity contribution is 5.44. The lowest BCUT2D eigenvalue weighted by Crippen LogP contribution is -2.13. The number of nitrogen functional groups attached to an aromatic ring is 1. The number of nitrogens with two attached hydrogens (primary N) is 1. The van der Waals surface area contributed by atoms with E-state index in [9.17, 15) is 0 Å². The molecule has 0 bridgehead atoms. The van der Waals surface area contributed by atoms with Crippen LogP contribution in [0.1, 0.15) is 32.0 Å². The molecule has 0 unspecified atom stereocenters. The first-order valence-electron chi connectivity index (χ1n) is 6.73. The van der Waals surface area contributed by atoms with Crippen LogP contribution in [0.5, 0.6) is 0 Å². The highest BCUT2D eigenvalue weighted by Crippen LogP contribution is 2.28. The van der Waals surface area contributed by atoms with Crippen molar-refractivity contribution in [2.75, 3.05) is 30.8 Å². The van der Waals surface area contributed by atoms with Crippen LogP contribution in [-0.2, 0) is 11.2 Å². The second kappa shape index (κ2) is 6.54. The van der Waals surface area contributed by atoms with Crippen molar-refractivity contribution < 1.29 is 4.74 Å². The Morgan fingerprint density at radius 2 is 2.28 bits per heavy atom. The van der Waals surface area contributed by atoms with E-state index in [4.69, 9.17) is 10.5 Å². The molecular weight excluding hydrogens is 228 g/mol. The van der Waals surface area contributed by atoms with Gasteiger partial charge in [0.25, 0.3) is 0 Å². The van der Waals surface area contributed by atoms with Crippen molar-refractivity contribution in [2.45, 2.75) is 32.6 Å². The SMILES string of the molecule is CCCc1nc(N)cc(NCCOCC2CC2)n1. The molecule has 1 aliphatic rings. The van der Waals surface area contributed by atoms with Crippen LogP contribution in [0.25, 0.3) is 0 Å². The second-order valence-electron chi connectivity index (χ2n) is 4.79. The Labute approximate surface area is 108 Å². The lowest BCUT2D eigenvalue weighted by atomic mass is 10.3. The molecule has 5 heteroatoms. The van der Waals surface area contributed by atoms with Gasteiger partial charge in [-0.15, -0.1) is 0 Å². The van der Waals surface area contributed by atoms with E-state index < -0.39 is 0 Å². The summed E-state index contributed by atoms with van der Waals surface area (Å²) in [5, 5.41) is 3.22. The maximum absolute atomic E-state index is 5.75. The molecule has 1 heterocycles. The van der Waals surface area contributed by atoms with E-state index in [2.05, 4.69) is 22.2 Å². The van der Waals surface area contributed by atoms with E-state index in [0.29, 0.717) is 12.4 Å². The fraction of sp³-hybridized carbons (Fsp3) is 0.692. The fourth-order valence-electron chi connectivity index (χ4n) is 1.73. The molecule has 18 heavy (non-hydrogen) atoms. The van der Waals surface area contributed by atoms with E-state index in [1.807, 2.05) is 0 Å². The van der Waals surface area contributed by atoms with Gasteiger partial charge in [0.2, 0.25) is 0 Å². The van der Waals surface area contributed by atoms with Gasteiger partial charge < -0.3 is 15.8 Å². The first kappa shape index (κ1) is 13.1. The van der Waals surface area contributed by atoms with Crippen LogP contribution in [0.4, 0.5) is 11.6 Å². The zero-order valence-electron chi connectivity index (χ0n) is 11.0. The van der Waals surface area contributed by atoms with Crippen molar-refractivity contribution in [1.82, 2.24) is 9.97 Å². The minimum Gasteiger partial charge on any atom is -0.384 e. The van der Waals surface area contributed by atoms with E-state index in [0.717, 1.165) is 43.6 Å². The van der Waals surface area contributed by atoms with Crippen molar-refractivity contribution in [2.24, 2.45) is 5.92 Å². The smallest absolute Gasteiger partial charge is 0.133 e. The maximum Gasteiger partial charge on any atom is 0.133 e. The van der Waals surface area contributed by atoms with Gasteiger partial charge in [0, 0.05) is 25.6 Å². The molecule has 1 aromatic rings. The third-order valence-electron chi connectivity index (χ3n) is 2.87. The Kier molecular flexibility index (Phi) is 4.75. The van der Waals surface area contributed by atoms with Gasteiger partial charge in [-0.25, -0.2) is 9.97 Å². The molecule has 0 amide bonds. The maximum atomic E-state index is 5.75. The summed E-state index contributed by atoms with van der Waals surface area (Å²) in [6.07, 6.45) is 4.54. The van der Waals surface area contributed by atoms with Crippen LogP contribution >= 0.6 is 0 Å². The Hall–Kier alpha value is -1.36. The predicted molar refractivity (Wildman–Crippen MR) is 72.5 cm³/mol. The van der Waals surface area contributed by atoms with Crippen molar-refractivity contribution in [3.63, 3.8) is 0 Å². The number of hydrogen-bond acceptors (Lipinski definition) is 5. The van der Waals surface area contributed by atoms with Crippen molar-refractivity contribution in [3.8, 4) is 0 Å². The number of anilines is 2. The normalized spacial score (nSPS) is 14.7. The van der Waals surface area contributed by atoms with E-state index in [-0.39, 0.29) is 0 Å². The molecule has 1 aliphatic carbocycles. The lowest BCUT2D eigenvalue weighted by molar-refractivity contribution is 0.134. The van der Waals surface area contributed by atoms with Crippen molar-refractivity contribution >= 4 is 11.6 Å². The monoisotopic (exact) mass is 250 g/mol. The van der Waals surface area contributed by atoms with Gasteiger partial charge in [0.05, 0.1) is 6.61 Å². The van der Waals surface area contributed by atoms with E-state index in [1.165, 1.54) is 12.8 Å². The summed E-state index contributed by atoms with van der Waals surface area (Å²) >= 11 is 0. The van der Waals surface area contributed by atoms with Crippen LogP contribution < -0.4 is 11.1 Å². The number of hydrogen-bond donors (Lipinski definition) is 2. The molecule has 0 radical (unpaired) electrons. The van der Waals surface area contributed by atoms with Crippen LogP contribution in [-0.4, -0.2) is 29.7 Å². The fourth-order valence-corrected chi connectivity index (χ4v) is 1.73. The van der Waals surface area contributed by atoms with E-state index >= 15 is 0 Å². The Morgan fingerprint density at radius 3 is 3.00 bits per heavy atom. The molecule has 2 rings (SSSR count). The summed E-state index contributed by atoms with van der Waals surface area (Å²) in [5.74, 6) is 2.94. The van der Waals surface area contributed by atoms with E-state index in [1.54, 1.807) is 6.07 Å². The molecule has 1 fully saturated rings. The highest BCUT2D eigenvalue weighted by atomic mass is 16.5. The number of ether oxygens (including phenoxy) is 1.